The summed E-state index contributed by atoms with van der Waals surface area (Å²) in [6, 6.07) is 2.43. The highest BCUT2D eigenvalue weighted by Crippen LogP contribution is 2.22. The third kappa shape index (κ3) is 4.18. The first-order valence-electron chi connectivity index (χ1n) is 6.07. The molecule has 1 aromatic rings. The minimum absolute atomic E-state index is 0.0190. The van der Waals surface area contributed by atoms with Gasteiger partial charge >= 0.3 is 0 Å². The Morgan fingerprint density at radius 1 is 1.40 bits per heavy atom. The number of hydrogen-bond donors (Lipinski definition) is 2. The summed E-state index contributed by atoms with van der Waals surface area (Å²) in [7, 11) is -3.72. The fourth-order valence-electron chi connectivity index (χ4n) is 1.50. The SMILES string of the molecule is CSC(C)(C)CNS(=O)(=O)c1cc(C)c(F)c(CO)c1. The Hall–Kier alpha value is -0.630. The van der Waals surface area contributed by atoms with Crippen LogP contribution in [0, 0.1) is 12.7 Å². The molecular weight excluding hydrogens is 301 g/mol. The van der Waals surface area contributed by atoms with E-state index in [1.807, 2.05) is 20.1 Å². The van der Waals surface area contributed by atoms with Crippen molar-refractivity contribution in [3.8, 4) is 0 Å². The van der Waals surface area contributed by atoms with Crippen LogP contribution in [0.15, 0.2) is 17.0 Å². The molecule has 0 aliphatic heterocycles. The van der Waals surface area contributed by atoms with E-state index in [4.69, 9.17) is 5.11 Å². The number of halogens is 1. The maximum Gasteiger partial charge on any atom is 0.240 e. The molecule has 0 aromatic heterocycles. The predicted molar refractivity (Wildman–Crippen MR) is 79.8 cm³/mol. The smallest absolute Gasteiger partial charge is 0.240 e. The van der Waals surface area contributed by atoms with Crippen LogP contribution in [-0.2, 0) is 16.6 Å². The molecule has 0 saturated carbocycles. The zero-order valence-corrected chi connectivity index (χ0v) is 13.7. The van der Waals surface area contributed by atoms with E-state index in [-0.39, 0.29) is 27.3 Å². The molecule has 0 radical (unpaired) electrons. The maximum absolute atomic E-state index is 13.6. The second-order valence-corrected chi connectivity index (χ2v) is 8.44. The highest BCUT2D eigenvalue weighted by atomic mass is 32.2. The highest BCUT2D eigenvalue weighted by molar-refractivity contribution is 8.00. The third-order valence-electron chi connectivity index (χ3n) is 3.02. The summed E-state index contributed by atoms with van der Waals surface area (Å²) in [5, 5.41) is 9.07. The van der Waals surface area contributed by atoms with Crippen LogP contribution >= 0.6 is 11.8 Å². The Kier molecular flexibility index (Phi) is 5.60. The van der Waals surface area contributed by atoms with Crippen molar-refractivity contribution in [3.05, 3.63) is 29.1 Å². The number of hydrogen-bond acceptors (Lipinski definition) is 4. The van der Waals surface area contributed by atoms with Gasteiger partial charge in [-0.3, -0.25) is 0 Å². The number of sulfonamides is 1. The monoisotopic (exact) mass is 321 g/mol. The van der Waals surface area contributed by atoms with Crippen LogP contribution < -0.4 is 4.72 Å². The van der Waals surface area contributed by atoms with E-state index in [1.165, 1.54) is 13.0 Å². The molecule has 0 heterocycles. The summed E-state index contributed by atoms with van der Waals surface area (Å²) in [6.07, 6.45) is 1.90. The van der Waals surface area contributed by atoms with Gasteiger partial charge in [0, 0.05) is 16.9 Å². The Balaban J connectivity index is 3.07. The summed E-state index contributed by atoms with van der Waals surface area (Å²) in [4.78, 5) is -0.0302. The summed E-state index contributed by atoms with van der Waals surface area (Å²) in [5.41, 5.74) is 0.176. The Morgan fingerprint density at radius 3 is 2.50 bits per heavy atom. The molecule has 0 amide bonds. The molecular formula is C13H20FNO3S2. The van der Waals surface area contributed by atoms with Crippen LogP contribution in [0.1, 0.15) is 25.0 Å². The number of benzene rings is 1. The predicted octanol–water partition coefficient (Wildman–Crippen LogP) is 2.05. The molecule has 0 bridgehead atoms. The fraction of sp³-hybridized carbons (Fsp3) is 0.538. The summed E-state index contributed by atoms with van der Waals surface area (Å²) in [5.74, 6) is -0.573. The topological polar surface area (TPSA) is 66.4 Å². The zero-order chi connectivity index (χ0) is 15.6. The molecule has 7 heteroatoms. The summed E-state index contributed by atoms with van der Waals surface area (Å²) < 4.78 is 40.3. The van der Waals surface area contributed by atoms with Gasteiger partial charge in [0.25, 0.3) is 0 Å². The molecule has 0 saturated heterocycles. The van der Waals surface area contributed by atoms with Crippen molar-refractivity contribution in [2.75, 3.05) is 12.8 Å². The summed E-state index contributed by atoms with van der Waals surface area (Å²) in [6.45, 7) is 5.05. The molecule has 0 aliphatic carbocycles. The van der Waals surface area contributed by atoms with Crippen LogP contribution in [0.3, 0.4) is 0 Å². The molecule has 1 aromatic carbocycles. The molecule has 0 spiro atoms. The highest BCUT2D eigenvalue weighted by Gasteiger charge is 2.22. The number of aliphatic hydroxyl groups is 1. The zero-order valence-electron chi connectivity index (χ0n) is 12.0. The number of rotatable bonds is 6. The maximum atomic E-state index is 13.6. The van der Waals surface area contributed by atoms with Crippen LogP contribution in [0.5, 0.6) is 0 Å². The van der Waals surface area contributed by atoms with Gasteiger partial charge in [0.15, 0.2) is 0 Å². The lowest BCUT2D eigenvalue weighted by Gasteiger charge is -2.22. The van der Waals surface area contributed by atoms with Gasteiger partial charge in [0.1, 0.15) is 5.82 Å². The molecule has 20 heavy (non-hydrogen) atoms. The van der Waals surface area contributed by atoms with Crippen LogP contribution in [0.4, 0.5) is 4.39 Å². The third-order valence-corrected chi connectivity index (χ3v) is 5.65. The second-order valence-electron chi connectivity index (χ2n) is 5.16. The van der Waals surface area contributed by atoms with Gasteiger partial charge in [-0.1, -0.05) is 0 Å². The van der Waals surface area contributed by atoms with Crippen molar-refractivity contribution in [3.63, 3.8) is 0 Å². The quantitative estimate of drug-likeness (QED) is 0.841. The largest absolute Gasteiger partial charge is 0.392 e. The first kappa shape index (κ1) is 17.4. The minimum atomic E-state index is -3.72. The number of thioether (sulfide) groups is 1. The molecule has 0 atom stereocenters. The van der Waals surface area contributed by atoms with Crippen molar-refractivity contribution in [1.82, 2.24) is 4.72 Å². The lowest BCUT2D eigenvalue weighted by atomic mass is 10.1. The van der Waals surface area contributed by atoms with Gasteiger partial charge in [-0.25, -0.2) is 17.5 Å². The first-order valence-corrected chi connectivity index (χ1v) is 8.78. The van der Waals surface area contributed by atoms with Gasteiger partial charge in [-0.15, -0.1) is 0 Å². The van der Waals surface area contributed by atoms with Crippen LogP contribution in [0.25, 0.3) is 0 Å². The minimum Gasteiger partial charge on any atom is -0.392 e. The Bertz CT molecular complexity index is 586. The van der Waals surface area contributed by atoms with Crippen molar-refractivity contribution in [2.45, 2.75) is 37.0 Å². The van der Waals surface area contributed by atoms with Gasteiger partial charge < -0.3 is 5.11 Å². The van der Waals surface area contributed by atoms with E-state index in [0.29, 0.717) is 0 Å². The first-order chi connectivity index (χ1) is 9.13. The van der Waals surface area contributed by atoms with Gasteiger partial charge in [-0.05, 0) is 44.7 Å². The Labute approximate surface area is 123 Å². The molecule has 114 valence electrons. The van der Waals surface area contributed by atoms with Gasteiger partial charge in [-0.2, -0.15) is 11.8 Å². The number of aryl methyl sites for hydroxylation is 1. The van der Waals surface area contributed by atoms with Crippen molar-refractivity contribution in [2.24, 2.45) is 0 Å². The lowest BCUT2D eigenvalue weighted by molar-refractivity contribution is 0.275. The standard InChI is InChI=1S/C13H20FNO3S2/c1-9-5-11(6-10(7-16)12(9)14)20(17,18)15-8-13(2,3)19-4/h5-6,15-16H,7-8H2,1-4H3. The van der Waals surface area contributed by atoms with Gasteiger partial charge in [0.05, 0.1) is 11.5 Å². The molecule has 1 rings (SSSR count). The van der Waals surface area contributed by atoms with E-state index in [1.54, 1.807) is 11.8 Å². The van der Waals surface area contributed by atoms with Crippen LogP contribution in [-0.4, -0.2) is 31.1 Å². The molecule has 0 fully saturated rings. The summed E-state index contributed by atoms with van der Waals surface area (Å²) >= 11 is 1.55. The average molecular weight is 321 g/mol. The van der Waals surface area contributed by atoms with E-state index in [9.17, 15) is 12.8 Å². The van der Waals surface area contributed by atoms with E-state index < -0.39 is 22.4 Å². The molecule has 2 N–H and O–H groups in total. The van der Waals surface area contributed by atoms with Gasteiger partial charge in [0.2, 0.25) is 10.0 Å². The van der Waals surface area contributed by atoms with E-state index in [0.717, 1.165) is 6.07 Å². The fourth-order valence-corrected chi connectivity index (χ4v) is 3.16. The second kappa shape index (κ2) is 6.43. The van der Waals surface area contributed by atoms with Crippen molar-refractivity contribution in [1.29, 1.82) is 0 Å². The number of nitrogens with one attached hydrogen (secondary N) is 1. The Morgan fingerprint density at radius 2 is 2.00 bits per heavy atom. The van der Waals surface area contributed by atoms with Crippen molar-refractivity contribution < 1.29 is 17.9 Å². The van der Waals surface area contributed by atoms with Crippen LogP contribution in [0.2, 0.25) is 0 Å². The lowest BCUT2D eigenvalue weighted by Crippen LogP contribution is -2.36. The molecule has 0 aliphatic rings. The van der Waals surface area contributed by atoms with Crippen molar-refractivity contribution >= 4 is 21.8 Å². The molecule has 0 unspecified atom stereocenters. The normalized spacial score (nSPS) is 12.7. The average Bonchev–Trinajstić information content (AvgIpc) is 2.39. The number of aliphatic hydroxyl groups excluding tert-OH is 1. The van der Waals surface area contributed by atoms with E-state index >= 15 is 0 Å². The van der Waals surface area contributed by atoms with E-state index in [2.05, 4.69) is 4.72 Å². The molecule has 4 nitrogen and oxygen atoms in total.